The topological polar surface area (TPSA) is 94.2 Å². The summed E-state index contributed by atoms with van der Waals surface area (Å²) in [6.07, 6.45) is 0.155. The van der Waals surface area contributed by atoms with Gasteiger partial charge in [0, 0.05) is 44.6 Å². The van der Waals surface area contributed by atoms with E-state index in [2.05, 4.69) is 14.9 Å². The number of cyclic esters (lactones) is 1. The third-order valence-electron chi connectivity index (χ3n) is 5.09. The fraction of sp³-hybridized carbons (Fsp3) is 0.556. The quantitative estimate of drug-likeness (QED) is 0.608. The number of thiocarbonyl (C=S) groups is 1. The van der Waals surface area contributed by atoms with Crippen LogP contribution in [-0.4, -0.2) is 76.2 Å². The molecule has 2 aliphatic heterocycles. The van der Waals surface area contributed by atoms with Gasteiger partial charge >= 0.3 is 6.09 Å². The van der Waals surface area contributed by atoms with Crippen LogP contribution in [0.2, 0.25) is 0 Å². The van der Waals surface area contributed by atoms with Gasteiger partial charge in [0.2, 0.25) is 0 Å². The first-order valence-corrected chi connectivity index (χ1v) is 11.5. The van der Waals surface area contributed by atoms with Gasteiger partial charge in [0.25, 0.3) is 10.2 Å². The summed E-state index contributed by atoms with van der Waals surface area (Å²) in [6, 6.07) is 7.67. The molecule has 1 aromatic carbocycles. The third kappa shape index (κ3) is 5.16. The van der Waals surface area contributed by atoms with Crippen molar-refractivity contribution in [3.8, 4) is 0 Å². The zero-order chi connectivity index (χ0) is 21.0. The number of rotatable bonds is 7. The molecule has 0 bridgehead atoms. The van der Waals surface area contributed by atoms with Crippen molar-refractivity contribution >= 4 is 44.9 Å². The minimum absolute atomic E-state index is 0.242. The van der Waals surface area contributed by atoms with Gasteiger partial charge in [0.1, 0.15) is 6.10 Å². The summed E-state index contributed by atoms with van der Waals surface area (Å²) >= 11 is 5.14. The molecular formula is C18H27N5O4S2. The lowest BCUT2D eigenvalue weighted by atomic mass is 10.2. The van der Waals surface area contributed by atoms with E-state index >= 15 is 0 Å². The molecule has 160 valence electrons. The number of carbonyl (C=O) groups is 1. The molecule has 1 atom stereocenters. The van der Waals surface area contributed by atoms with Crippen LogP contribution in [0.5, 0.6) is 0 Å². The predicted octanol–water partition coefficient (Wildman–Crippen LogP) is 0.925. The molecule has 2 heterocycles. The molecule has 0 radical (unpaired) electrons. The van der Waals surface area contributed by atoms with E-state index in [1.54, 1.807) is 4.90 Å². The molecule has 9 nitrogen and oxygen atoms in total. The number of amides is 1. The van der Waals surface area contributed by atoms with Crippen LogP contribution in [0.3, 0.4) is 0 Å². The Morgan fingerprint density at radius 1 is 1.17 bits per heavy atom. The van der Waals surface area contributed by atoms with Gasteiger partial charge in [-0.1, -0.05) is 19.1 Å². The Morgan fingerprint density at radius 2 is 1.79 bits per heavy atom. The highest BCUT2D eigenvalue weighted by molar-refractivity contribution is 7.87. The van der Waals surface area contributed by atoms with Crippen LogP contribution in [0.15, 0.2) is 24.3 Å². The Hall–Kier alpha value is -1.95. The van der Waals surface area contributed by atoms with Crippen LogP contribution in [0, 0.1) is 0 Å². The lowest BCUT2D eigenvalue weighted by molar-refractivity contribution is 0.143. The predicted molar refractivity (Wildman–Crippen MR) is 117 cm³/mol. The van der Waals surface area contributed by atoms with Crippen molar-refractivity contribution in [2.24, 2.45) is 0 Å². The molecule has 29 heavy (non-hydrogen) atoms. The van der Waals surface area contributed by atoms with Crippen molar-refractivity contribution in [3.63, 3.8) is 0 Å². The summed E-state index contributed by atoms with van der Waals surface area (Å²) in [5.41, 5.74) is 1.77. The molecule has 0 saturated carbocycles. The molecule has 0 aliphatic carbocycles. The van der Waals surface area contributed by atoms with Crippen molar-refractivity contribution in [1.29, 1.82) is 0 Å². The average molecular weight is 442 g/mol. The van der Waals surface area contributed by atoms with Crippen molar-refractivity contribution in [2.45, 2.75) is 19.4 Å². The highest BCUT2D eigenvalue weighted by Gasteiger charge is 2.32. The molecule has 0 aromatic heterocycles. The number of nitrogens with zero attached hydrogens (tertiary/aromatic N) is 3. The molecule has 0 spiro atoms. The number of anilines is 2. The van der Waals surface area contributed by atoms with Gasteiger partial charge in [0.05, 0.1) is 18.1 Å². The van der Waals surface area contributed by atoms with Crippen LogP contribution < -0.4 is 19.8 Å². The molecule has 11 heteroatoms. The average Bonchev–Trinajstić information content (AvgIpc) is 3.12. The van der Waals surface area contributed by atoms with Gasteiger partial charge in [-0.2, -0.15) is 12.7 Å². The smallest absolute Gasteiger partial charge is 0.414 e. The van der Waals surface area contributed by atoms with E-state index in [9.17, 15) is 13.2 Å². The van der Waals surface area contributed by atoms with E-state index in [1.807, 2.05) is 31.2 Å². The van der Waals surface area contributed by atoms with Crippen LogP contribution >= 0.6 is 12.2 Å². The Kier molecular flexibility index (Phi) is 6.93. The van der Waals surface area contributed by atoms with Gasteiger partial charge in [-0.3, -0.25) is 4.90 Å². The summed E-state index contributed by atoms with van der Waals surface area (Å²) < 4.78 is 33.0. The molecular weight excluding hydrogens is 414 g/mol. The first-order chi connectivity index (χ1) is 13.8. The highest BCUT2D eigenvalue weighted by Crippen LogP contribution is 2.25. The molecule has 1 aromatic rings. The molecule has 3 rings (SSSR count). The minimum Gasteiger partial charge on any atom is -0.442 e. The zero-order valence-electron chi connectivity index (χ0n) is 16.6. The van der Waals surface area contributed by atoms with Gasteiger partial charge in [0.15, 0.2) is 0 Å². The first-order valence-electron chi connectivity index (χ1n) is 9.62. The maximum absolute atomic E-state index is 12.2. The second-order valence-corrected chi connectivity index (χ2v) is 9.25. The van der Waals surface area contributed by atoms with Crippen LogP contribution in [-0.2, 0) is 14.9 Å². The maximum atomic E-state index is 12.2. The molecule has 2 aliphatic rings. The fourth-order valence-electron chi connectivity index (χ4n) is 3.35. The number of piperazine rings is 1. The van der Waals surface area contributed by atoms with Gasteiger partial charge in [-0.25, -0.2) is 9.52 Å². The number of hydrogen-bond acceptors (Lipinski definition) is 6. The summed E-state index contributed by atoms with van der Waals surface area (Å²) in [4.78, 5) is 16.7. The SMILES string of the molecule is CCC(=S)NC[C@H]1CN(c2ccc(N3CCN(S(=O)(=O)NC)CC3)cc2)C(=O)O1. The highest BCUT2D eigenvalue weighted by atomic mass is 32.2. The summed E-state index contributed by atoms with van der Waals surface area (Å²) in [5.74, 6) is 0. The van der Waals surface area contributed by atoms with Crippen molar-refractivity contribution < 1.29 is 17.9 Å². The molecule has 0 unspecified atom stereocenters. The number of nitrogens with one attached hydrogen (secondary N) is 2. The van der Waals surface area contributed by atoms with E-state index in [0.29, 0.717) is 39.3 Å². The zero-order valence-corrected chi connectivity index (χ0v) is 18.3. The summed E-state index contributed by atoms with van der Waals surface area (Å²) in [6.45, 7) is 5.03. The Bertz CT molecular complexity index is 838. The number of benzene rings is 1. The third-order valence-corrected chi connectivity index (χ3v) is 7.08. The van der Waals surface area contributed by atoms with E-state index in [-0.39, 0.29) is 12.2 Å². The largest absolute Gasteiger partial charge is 0.442 e. The Balaban J connectivity index is 1.57. The van der Waals surface area contributed by atoms with E-state index in [1.165, 1.54) is 11.4 Å². The normalized spacial score (nSPS) is 20.6. The van der Waals surface area contributed by atoms with Crippen molar-refractivity contribution in [3.05, 3.63) is 24.3 Å². The van der Waals surface area contributed by atoms with Crippen molar-refractivity contribution in [1.82, 2.24) is 14.3 Å². The van der Waals surface area contributed by atoms with E-state index < -0.39 is 10.2 Å². The molecule has 2 N–H and O–H groups in total. The van der Waals surface area contributed by atoms with Gasteiger partial charge < -0.3 is 15.0 Å². The number of hydrogen-bond donors (Lipinski definition) is 2. The van der Waals surface area contributed by atoms with E-state index in [4.69, 9.17) is 17.0 Å². The van der Waals surface area contributed by atoms with Gasteiger partial charge in [-0.05, 0) is 30.7 Å². The first kappa shape index (κ1) is 21.8. The Morgan fingerprint density at radius 3 is 2.38 bits per heavy atom. The minimum atomic E-state index is -3.38. The fourth-order valence-corrected chi connectivity index (χ4v) is 4.34. The van der Waals surface area contributed by atoms with Gasteiger partial charge in [-0.15, -0.1) is 0 Å². The summed E-state index contributed by atoms with van der Waals surface area (Å²) in [7, 11) is -1.96. The lowest BCUT2D eigenvalue weighted by Gasteiger charge is -2.35. The van der Waals surface area contributed by atoms with Crippen LogP contribution in [0.25, 0.3) is 0 Å². The number of ether oxygens (including phenoxy) is 1. The van der Waals surface area contributed by atoms with E-state index in [0.717, 1.165) is 22.8 Å². The Labute approximate surface area is 177 Å². The van der Waals surface area contributed by atoms with Crippen LogP contribution in [0.4, 0.5) is 16.2 Å². The maximum Gasteiger partial charge on any atom is 0.414 e. The number of carbonyl (C=O) groups excluding carboxylic acids is 1. The molecule has 2 fully saturated rings. The monoisotopic (exact) mass is 441 g/mol. The second kappa shape index (κ2) is 9.24. The summed E-state index contributed by atoms with van der Waals surface area (Å²) in [5, 5.41) is 3.11. The van der Waals surface area contributed by atoms with Crippen molar-refractivity contribution in [2.75, 3.05) is 56.1 Å². The lowest BCUT2D eigenvalue weighted by Crippen LogP contribution is -2.51. The van der Waals surface area contributed by atoms with Crippen LogP contribution in [0.1, 0.15) is 13.3 Å². The second-order valence-electron chi connectivity index (χ2n) is 6.89. The molecule has 2 saturated heterocycles. The molecule has 1 amide bonds. The standard InChI is InChI=1S/C18H27N5O4S2/c1-3-17(28)20-12-16-13-23(18(24)27-16)15-6-4-14(5-7-15)21-8-10-22(11-9-21)29(25,26)19-2/h4-7,16,19H,3,8-13H2,1-2H3,(H,20,28)/t16-/m0/s1.